The van der Waals surface area contributed by atoms with E-state index in [4.69, 9.17) is 0 Å². The molecule has 2 heterocycles. The Balaban J connectivity index is 0.000000317. The molecule has 0 saturated carbocycles. The molecule has 0 fully saturated rings. The van der Waals surface area contributed by atoms with Crippen molar-refractivity contribution in [3.8, 4) is 0 Å². The second-order valence-corrected chi connectivity index (χ2v) is 6.53. The maximum absolute atomic E-state index is 3.42. The van der Waals surface area contributed by atoms with E-state index in [0.29, 0.717) is 0 Å². The molecule has 0 amide bonds. The molecule has 1 aromatic heterocycles. The van der Waals surface area contributed by atoms with Crippen molar-refractivity contribution in [2.24, 2.45) is 5.92 Å². The average molecular weight is 236 g/mol. The van der Waals surface area contributed by atoms with E-state index in [1.165, 1.54) is 11.3 Å². The molecule has 1 N–H and O–H groups in total. The van der Waals surface area contributed by atoms with Crippen molar-refractivity contribution >= 4 is 0 Å². The summed E-state index contributed by atoms with van der Waals surface area (Å²) in [6.45, 7) is 16.6. The maximum atomic E-state index is 3.42. The largest absolute Gasteiger partial charge is 0.349 e. The minimum absolute atomic E-state index is 0.277. The lowest BCUT2D eigenvalue weighted by Gasteiger charge is -2.24. The van der Waals surface area contributed by atoms with E-state index < -0.39 is 0 Å². The predicted molar refractivity (Wildman–Crippen MR) is 75.4 cm³/mol. The standard InChI is InChI=1S/C11H18N2.C4H10/c1-11(2,3)9-4-6-13-7-5-12-8-10(9)13;1-4(2)3/h4,6,12H,5,7-8H2,1-3H3;4H,1-3H3. The minimum atomic E-state index is 0.277. The molecule has 0 saturated heterocycles. The molecular weight excluding hydrogens is 208 g/mol. The van der Waals surface area contributed by atoms with Crippen molar-refractivity contribution < 1.29 is 0 Å². The van der Waals surface area contributed by atoms with Crippen molar-refractivity contribution in [3.63, 3.8) is 0 Å². The Morgan fingerprint density at radius 3 is 2.35 bits per heavy atom. The van der Waals surface area contributed by atoms with Crippen LogP contribution < -0.4 is 5.32 Å². The van der Waals surface area contributed by atoms with Crippen LogP contribution in [0.25, 0.3) is 0 Å². The van der Waals surface area contributed by atoms with Gasteiger partial charge in [0.1, 0.15) is 0 Å². The van der Waals surface area contributed by atoms with E-state index in [0.717, 1.165) is 25.6 Å². The SMILES string of the molecule is CC(C)(C)c1ccn2c1CNCC2.CC(C)C. The lowest BCUT2D eigenvalue weighted by Crippen LogP contribution is -2.29. The van der Waals surface area contributed by atoms with Gasteiger partial charge < -0.3 is 9.88 Å². The van der Waals surface area contributed by atoms with Crippen LogP contribution in [0.15, 0.2) is 12.3 Å². The van der Waals surface area contributed by atoms with E-state index in [-0.39, 0.29) is 5.41 Å². The highest BCUT2D eigenvalue weighted by atomic mass is 15.1. The Hall–Kier alpha value is -0.760. The first-order valence-corrected chi connectivity index (χ1v) is 6.71. The van der Waals surface area contributed by atoms with Gasteiger partial charge in [-0.15, -0.1) is 0 Å². The summed E-state index contributed by atoms with van der Waals surface area (Å²) in [5.74, 6) is 0.833. The van der Waals surface area contributed by atoms with Crippen LogP contribution in [0, 0.1) is 5.92 Å². The zero-order chi connectivity index (χ0) is 13.1. The Bertz CT molecular complexity index is 340. The van der Waals surface area contributed by atoms with Gasteiger partial charge in [0.2, 0.25) is 0 Å². The van der Waals surface area contributed by atoms with Crippen LogP contribution in [-0.2, 0) is 18.5 Å². The van der Waals surface area contributed by atoms with Crippen molar-refractivity contribution in [2.45, 2.75) is 60.0 Å². The number of fused-ring (bicyclic) bond motifs is 1. The Kier molecular flexibility index (Phi) is 4.81. The van der Waals surface area contributed by atoms with Crippen LogP contribution in [0.2, 0.25) is 0 Å². The van der Waals surface area contributed by atoms with Gasteiger partial charge in [0, 0.05) is 31.5 Å². The molecule has 0 radical (unpaired) electrons. The normalized spacial score (nSPS) is 15.2. The number of nitrogens with zero attached hydrogens (tertiary/aromatic N) is 1. The van der Waals surface area contributed by atoms with E-state index in [1.807, 2.05) is 0 Å². The van der Waals surface area contributed by atoms with Crippen molar-refractivity contribution in [2.75, 3.05) is 6.54 Å². The fourth-order valence-corrected chi connectivity index (χ4v) is 2.00. The first-order valence-electron chi connectivity index (χ1n) is 6.71. The second kappa shape index (κ2) is 5.72. The smallest absolute Gasteiger partial charge is 0.0363 e. The van der Waals surface area contributed by atoms with Crippen molar-refractivity contribution in [1.29, 1.82) is 0 Å². The van der Waals surface area contributed by atoms with Crippen molar-refractivity contribution in [3.05, 3.63) is 23.5 Å². The molecule has 2 rings (SSSR count). The highest BCUT2D eigenvalue weighted by molar-refractivity contribution is 5.30. The molecule has 98 valence electrons. The zero-order valence-electron chi connectivity index (χ0n) is 12.3. The van der Waals surface area contributed by atoms with Gasteiger partial charge in [0.05, 0.1) is 0 Å². The summed E-state index contributed by atoms with van der Waals surface area (Å²) in [5, 5.41) is 3.42. The highest BCUT2D eigenvalue weighted by Crippen LogP contribution is 2.27. The van der Waals surface area contributed by atoms with Gasteiger partial charge in [-0.25, -0.2) is 0 Å². The molecule has 1 aliphatic heterocycles. The highest BCUT2D eigenvalue weighted by Gasteiger charge is 2.21. The minimum Gasteiger partial charge on any atom is -0.349 e. The third-order valence-electron chi connectivity index (χ3n) is 2.71. The van der Waals surface area contributed by atoms with E-state index >= 15 is 0 Å². The molecule has 0 unspecified atom stereocenters. The third kappa shape index (κ3) is 4.19. The molecule has 17 heavy (non-hydrogen) atoms. The van der Waals surface area contributed by atoms with Crippen LogP contribution in [0.1, 0.15) is 52.8 Å². The summed E-state index contributed by atoms with van der Waals surface area (Å²) < 4.78 is 2.37. The molecule has 1 aromatic rings. The lowest BCUT2D eigenvalue weighted by atomic mass is 9.87. The van der Waals surface area contributed by atoms with E-state index in [1.54, 1.807) is 0 Å². The molecular formula is C15H28N2. The van der Waals surface area contributed by atoms with Gasteiger partial charge in [-0.2, -0.15) is 0 Å². The monoisotopic (exact) mass is 236 g/mol. The molecule has 0 spiro atoms. The topological polar surface area (TPSA) is 17.0 Å². The quantitative estimate of drug-likeness (QED) is 0.729. The first-order chi connectivity index (χ1) is 7.82. The second-order valence-electron chi connectivity index (χ2n) is 6.53. The van der Waals surface area contributed by atoms with Gasteiger partial charge >= 0.3 is 0 Å². The number of rotatable bonds is 0. The van der Waals surface area contributed by atoms with Crippen LogP contribution in [0.3, 0.4) is 0 Å². The molecule has 0 bridgehead atoms. The van der Waals surface area contributed by atoms with Crippen molar-refractivity contribution in [1.82, 2.24) is 9.88 Å². The van der Waals surface area contributed by atoms with E-state index in [2.05, 4.69) is 63.7 Å². The van der Waals surface area contributed by atoms with Gasteiger partial charge in [0.25, 0.3) is 0 Å². The Morgan fingerprint density at radius 1 is 1.24 bits per heavy atom. The maximum Gasteiger partial charge on any atom is 0.0363 e. The van der Waals surface area contributed by atoms with Crippen LogP contribution in [0.4, 0.5) is 0 Å². The summed E-state index contributed by atoms with van der Waals surface area (Å²) in [5.41, 5.74) is 3.23. The summed E-state index contributed by atoms with van der Waals surface area (Å²) in [4.78, 5) is 0. The van der Waals surface area contributed by atoms with Gasteiger partial charge in [0.15, 0.2) is 0 Å². The van der Waals surface area contributed by atoms with Crippen LogP contribution in [-0.4, -0.2) is 11.1 Å². The summed E-state index contributed by atoms with van der Waals surface area (Å²) >= 11 is 0. The fourth-order valence-electron chi connectivity index (χ4n) is 2.00. The molecule has 0 atom stereocenters. The number of nitrogens with one attached hydrogen (secondary N) is 1. The molecule has 0 aromatic carbocycles. The Labute approximate surface area is 106 Å². The summed E-state index contributed by atoms with van der Waals surface area (Å²) in [7, 11) is 0. The molecule has 0 aliphatic carbocycles. The average Bonchev–Trinajstić information content (AvgIpc) is 2.58. The molecule has 2 heteroatoms. The van der Waals surface area contributed by atoms with Crippen LogP contribution >= 0.6 is 0 Å². The molecule has 1 aliphatic rings. The number of hydrogen-bond donors (Lipinski definition) is 1. The van der Waals surface area contributed by atoms with Gasteiger partial charge in [-0.05, 0) is 23.0 Å². The van der Waals surface area contributed by atoms with Gasteiger partial charge in [-0.1, -0.05) is 41.5 Å². The fraction of sp³-hybridized carbons (Fsp3) is 0.733. The number of hydrogen-bond acceptors (Lipinski definition) is 1. The zero-order valence-corrected chi connectivity index (χ0v) is 12.3. The summed E-state index contributed by atoms with van der Waals surface area (Å²) in [6, 6.07) is 2.27. The number of aromatic nitrogens is 1. The lowest BCUT2D eigenvalue weighted by molar-refractivity contribution is 0.495. The molecule has 2 nitrogen and oxygen atoms in total. The summed E-state index contributed by atoms with van der Waals surface area (Å²) in [6.07, 6.45) is 2.22. The predicted octanol–water partition coefficient (Wildman–Crippen LogP) is 3.55. The van der Waals surface area contributed by atoms with E-state index in [9.17, 15) is 0 Å². The third-order valence-corrected chi connectivity index (χ3v) is 2.71. The Morgan fingerprint density at radius 2 is 1.82 bits per heavy atom. The van der Waals surface area contributed by atoms with Gasteiger partial charge in [-0.3, -0.25) is 0 Å². The first kappa shape index (κ1) is 14.3. The van der Waals surface area contributed by atoms with Crippen LogP contribution in [0.5, 0.6) is 0 Å².